The maximum atomic E-state index is 11.6. The number of carbonyl (C=O) groups is 1. The number of aryl methyl sites for hydroxylation is 1. The van der Waals surface area contributed by atoms with Crippen LogP contribution in [-0.2, 0) is 11.2 Å². The summed E-state index contributed by atoms with van der Waals surface area (Å²) in [5.41, 5.74) is 2.77. The number of unbranched alkanes of at least 4 members (excludes halogenated alkanes) is 1. The van der Waals surface area contributed by atoms with Gasteiger partial charge in [-0.25, -0.2) is 4.79 Å². The van der Waals surface area contributed by atoms with E-state index >= 15 is 0 Å². The molecule has 1 aromatic carbocycles. The quantitative estimate of drug-likeness (QED) is 0.767. The van der Waals surface area contributed by atoms with Gasteiger partial charge in [0, 0.05) is 6.42 Å². The molecular formula is C15H20O3. The van der Waals surface area contributed by atoms with Crippen LogP contribution in [0.2, 0.25) is 0 Å². The summed E-state index contributed by atoms with van der Waals surface area (Å²) in [4.78, 5) is 11.6. The van der Waals surface area contributed by atoms with E-state index in [1.807, 2.05) is 19.1 Å². The van der Waals surface area contributed by atoms with Crippen LogP contribution in [-0.4, -0.2) is 19.2 Å². The highest BCUT2D eigenvalue weighted by Crippen LogP contribution is 2.35. The second-order valence-corrected chi connectivity index (χ2v) is 4.86. The molecule has 3 heteroatoms. The first kappa shape index (κ1) is 12.9. The summed E-state index contributed by atoms with van der Waals surface area (Å²) in [6.45, 7) is 4.16. The molecule has 1 aromatic rings. The van der Waals surface area contributed by atoms with E-state index in [4.69, 9.17) is 9.47 Å². The summed E-state index contributed by atoms with van der Waals surface area (Å²) in [5, 5.41) is 0. The van der Waals surface area contributed by atoms with Crippen molar-refractivity contribution in [2.24, 2.45) is 0 Å². The molecule has 0 radical (unpaired) electrons. The highest BCUT2D eigenvalue weighted by Gasteiger charge is 2.25. The minimum atomic E-state index is -0.280. The lowest BCUT2D eigenvalue weighted by molar-refractivity contribution is 0.0600. The molecule has 0 saturated heterocycles. The number of methoxy groups -OCH3 is 1. The van der Waals surface area contributed by atoms with Crippen molar-refractivity contribution in [3.8, 4) is 5.75 Å². The molecule has 1 aliphatic rings. The van der Waals surface area contributed by atoms with Crippen LogP contribution in [0.1, 0.15) is 47.7 Å². The summed E-state index contributed by atoms with van der Waals surface area (Å²) in [7, 11) is 1.41. The van der Waals surface area contributed by atoms with Crippen LogP contribution in [0.3, 0.4) is 0 Å². The molecular weight excluding hydrogens is 228 g/mol. The van der Waals surface area contributed by atoms with Crippen LogP contribution >= 0.6 is 0 Å². The molecule has 0 amide bonds. The maximum absolute atomic E-state index is 11.6. The highest BCUT2D eigenvalue weighted by molar-refractivity contribution is 5.90. The second-order valence-electron chi connectivity index (χ2n) is 4.86. The smallest absolute Gasteiger partial charge is 0.337 e. The van der Waals surface area contributed by atoms with E-state index < -0.39 is 0 Å². The topological polar surface area (TPSA) is 35.5 Å². The van der Waals surface area contributed by atoms with E-state index in [9.17, 15) is 4.79 Å². The first-order chi connectivity index (χ1) is 8.65. The average Bonchev–Trinajstić information content (AvgIpc) is 2.78. The van der Waals surface area contributed by atoms with Crippen molar-refractivity contribution in [1.82, 2.24) is 0 Å². The summed E-state index contributed by atoms with van der Waals surface area (Å²) in [6.07, 6.45) is 4.62. The van der Waals surface area contributed by atoms with E-state index in [0.29, 0.717) is 5.56 Å². The Morgan fingerprint density at radius 1 is 1.50 bits per heavy atom. The van der Waals surface area contributed by atoms with Crippen molar-refractivity contribution in [1.29, 1.82) is 0 Å². The van der Waals surface area contributed by atoms with Gasteiger partial charge < -0.3 is 9.47 Å². The molecule has 0 spiro atoms. The van der Waals surface area contributed by atoms with E-state index in [2.05, 4.69) is 6.92 Å². The van der Waals surface area contributed by atoms with Gasteiger partial charge in [0.2, 0.25) is 0 Å². The van der Waals surface area contributed by atoms with Crippen molar-refractivity contribution >= 4 is 5.97 Å². The van der Waals surface area contributed by atoms with Gasteiger partial charge in [-0.3, -0.25) is 0 Å². The Bertz CT molecular complexity index is 451. The predicted octanol–water partition coefficient (Wildman–Crippen LogP) is 3.28. The Kier molecular flexibility index (Phi) is 3.90. The normalized spacial score (nSPS) is 17.2. The van der Waals surface area contributed by atoms with Gasteiger partial charge >= 0.3 is 5.97 Å². The van der Waals surface area contributed by atoms with E-state index in [-0.39, 0.29) is 12.1 Å². The van der Waals surface area contributed by atoms with E-state index in [1.165, 1.54) is 20.0 Å². The number of hydrogen-bond acceptors (Lipinski definition) is 3. The molecule has 98 valence electrons. The predicted molar refractivity (Wildman–Crippen MR) is 70.2 cm³/mol. The fourth-order valence-electron chi connectivity index (χ4n) is 2.45. The van der Waals surface area contributed by atoms with Crippen molar-refractivity contribution in [3.63, 3.8) is 0 Å². The molecule has 0 saturated carbocycles. The zero-order chi connectivity index (χ0) is 13.1. The van der Waals surface area contributed by atoms with Crippen LogP contribution in [0, 0.1) is 6.92 Å². The lowest BCUT2D eigenvalue weighted by Crippen LogP contribution is -2.12. The molecule has 18 heavy (non-hydrogen) atoms. The molecule has 1 heterocycles. The first-order valence-electron chi connectivity index (χ1n) is 6.54. The third kappa shape index (κ3) is 2.50. The minimum absolute atomic E-state index is 0.270. The average molecular weight is 248 g/mol. The Labute approximate surface area is 108 Å². The van der Waals surface area contributed by atoms with Crippen LogP contribution in [0.25, 0.3) is 0 Å². The van der Waals surface area contributed by atoms with Crippen molar-refractivity contribution in [3.05, 3.63) is 28.8 Å². The van der Waals surface area contributed by atoms with Gasteiger partial charge in [-0.1, -0.05) is 19.8 Å². The Hall–Kier alpha value is -1.51. The van der Waals surface area contributed by atoms with Crippen molar-refractivity contribution in [2.75, 3.05) is 7.11 Å². The summed E-state index contributed by atoms with van der Waals surface area (Å²) < 4.78 is 10.7. The molecule has 0 N–H and O–H groups in total. The number of ether oxygens (including phenoxy) is 2. The van der Waals surface area contributed by atoms with E-state index in [0.717, 1.165) is 29.7 Å². The lowest BCUT2D eigenvalue weighted by atomic mass is 10.0. The number of hydrogen-bond donors (Lipinski definition) is 0. The van der Waals surface area contributed by atoms with Gasteiger partial charge in [-0.05, 0) is 36.6 Å². The Morgan fingerprint density at radius 2 is 2.28 bits per heavy atom. The summed E-state index contributed by atoms with van der Waals surface area (Å²) in [5.74, 6) is 0.682. The largest absolute Gasteiger partial charge is 0.490 e. The Morgan fingerprint density at radius 3 is 2.94 bits per heavy atom. The Balaban J connectivity index is 2.19. The second kappa shape index (κ2) is 5.42. The van der Waals surface area contributed by atoms with Crippen LogP contribution in [0.5, 0.6) is 5.75 Å². The van der Waals surface area contributed by atoms with E-state index in [1.54, 1.807) is 0 Å². The number of rotatable bonds is 4. The van der Waals surface area contributed by atoms with Crippen LogP contribution in [0.4, 0.5) is 0 Å². The minimum Gasteiger partial charge on any atom is -0.490 e. The standard InChI is InChI=1S/C15H20O3/c1-4-5-6-13-9-11-8-12(15(16)17-3)7-10(2)14(11)18-13/h7-8,13H,4-6,9H2,1-3H3. The highest BCUT2D eigenvalue weighted by atomic mass is 16.5. The van der Waals surface area contributed by atoms with Crippen molar-refractivity contribution < 1.29 is 14.3 Å². The summed E-state index contributed by atoms with van der Waals surface area (Å²) >= 11 is 0. The molecule has 0 fully saturated rings. The number of fused-ring (bicyclic) bond motifs is 1. The maximum Gasteiger partial charge on any atom is 0.337 e. The monoisotopic (exact) mass is 248 g/mol. The molecule has 2 rings (SSSR count). The zero-order valence-corrected chi connectivity index (χ0v) is 11.3. The van der Waals surface area contributed by atoms with Gasteiger partial charge in [0.05, 0.1) is 12.7 Å². The third-order valence-corrected chi connectivity index (χ3v) is 3.38. The molecule has 1 atom stereocenters. The van der Waals surface area contributed by atoms with Crippen molar-refractivity contribution in [2.45, 2.75) is 45.6 Å². The van der Waals surface area contributed by atoms with Gasteiger partial charge in [-0.2, -0.15) is 0 Å². The molecule has 0 bridgehead atoms. The SMILES string of the molecule is CCCCC1Cc2cc(C(=O)OC)cc(C)c2O1. The first-order valence-corrected chi connectivity index (χ1v) is 6.54. The van der Waals surface area contributed by atoms with Gasteiger partial charge in [-0.15, -0.1) is 0 Å². The fraction of sp³-hybridized carbons (Fsp3) is 0.533. The molecule has 1 unspecified atom stereocenters. The molecule has 0 aliphatic carbocycles. The lowest BCUT2D eigenvalue weighted by Gasteiger charge is -2.10. The molecule has 3 nitrogen and oxygen atoms in total. The molecule has 1 aliphatic heterocycles. The summed E-state index contributed by atoms with van der Waals surface area (Å²) in [6, 6.07) is 3.74. The molecule has 0 aromatic heterocycles. The number of benzene rings is 1. The zero-order valence-electron chi connectivity index (χ0n) is 11.3. The fourth-order valence-corrected chi connectivity index (χ4v) is 2.45. The van der Waals surface area contributed by atoms with Gasteiger partial charge in [0.25, 0.3) is 0 Å². The number of carbonyl (C=O) groups excluding carboxylic acids is 1. The van der Waals surface area contributed by atoms with Gasteiger partial charge in [0.1, 0.15) is 11.9 Å². The number of esters is 1. The third-order valence-electron chi connectivity index (χ3n) is 3.38. The van der Waals surface area contributed by atoms with Crippen LogP contribution < -0.4 is 4.74 Å². The van der Waals surface area contributed by atoms with Crippen LogP contribution in [0.15, 0.2) is 12.1 Å². The van der Waals surface area contributed by atoms with Gasteiger partial charge in [0.15, 0.2) is 0 Å².